The molecule has 1 aliphatic carbocycles. The highest BCUT2D eigenvalue weighted by Crippen LogP contribution is 2.41. The number of anilines is 1. The number of hydrogen-bond donors (Lipinski definition) is 1. The predicted molar refractivity (Wildman–Crippen MR) is 67.4 cm³/mol. The zero-order valence-electron chi connectivity index (χ0n) is 8.34. The number of Topliss-reactive ketones (excluding diaryl/α,β-unsaturated/α-hetero) is 2. The molecule has 0 aromatic heterocycles. The molecule has 0 bridgehead atoms. The third kappa shape index (κ3) is 2.06. The molecule has 1 aromatic rings. The van der Waals surface area contributed by atoms with E-state index in [0.717, 1.165) is 0 Å². The van der Waals surface area contributed by atoms with Gasteiger partial charge in [-0.1, -0.05) is 53.0 Å². The molecule has 2 rings (SSSR count). The van der Waals surface area contributed by atoms with E-state index in [9.17, 15) is 9.59 Å². The van der Waals surface area contributed by atoms with Crippen LogP contribution in [0.2, 0.25) is 0 Å². The number of ketones is 2. The molecule has 1 aliphatic rings. The van der Waals surface area contributed by atoms with E-state index in [1.165, 1.54) is 0 Å². The van der Waals surface area contributed by atoms with Gasteiger partial charge in [-0.05, 0) is 12.1 Å². The number of alkyl halides is 2. The van der Waals surface area contributed by atoms with Crippen molar-refractivity contribution >= 4 is 52.1 Å². The fourth-order valence-corrected chi connectivity index (χ4v) is 2.23. The summed E-state index contributed by atoms with van der Waals surface area (Å²) < 4.78 is -1.94. The number of carbonyl (C=O) groups excluding carboxylic acids is 2. The van der Waals surface area contributed by atoms with Crippen LogP contribution in [0.5, 0.6) is 0 Å². The molecule has 0 saturated carbocycles. The summed E-state index contributed by atoms with van der Waals surface area (Å²) >= 11 is 17.4. The van der Waals surface area contributed by atoms with Crippen molar-refractivity contribution in [3.8, 4) is 0 Å². The van der Waals surface area contributed by atoms with Gasteiger partial charge in [0.25, 0.3) is 0 Å². The summed E-state index contributed by atoms with van der Waals surface area (Å²) in [5.74, 6) is -1.82. The Morgan fingerprint density at radius 1 is 1.06 bits per heavy atom. The van der Waals surface area contributed by atoms with Gasteiger partial charge in [-0.15, -0.1) is 0 Å². The van der Waals surface area contributed by atoms with Crippen LogP contribution in [0.1, 0.15) is 0 Å². The summed E-state index contributed by atoms with van der Waals surface area (Å²) in [4.78, 5) is 22.8. The topological polar surface area (TPSA) is 46.2 Å². The number of para-hydroxylation sites is 1. The molecule has 1 aromatic carbocycles. The highest BCUT2D eigenvalue weighted by atomic mass is 35.5. The normalized spacial score (nSPS) is 18.8. The molecule has 0 spiro atoms. The van der Waals surface area contributed by atoms with Gasteiger partial charge in [0.05, 0.1) is 5.70 Å². The van der Waals surface area contributed by atoms with Crippen molar-refractivity contribution < 1.29 is 9.59 Å². The summed E-state index contributed by atoms with van der Waals surface area (Å²) in [7, 11) is 0. The molecule has 3 nitrogen and oxygen atoms in total. The molecule has 0 radical (unpaired) electrons. The highest BCUT2D eigenvalue weighted by molar-refractivity contribution is 6.77. The minimum Gasteiger partial charge on any atom is -0.355 e. The van der Waals surface area contributed by atoms with Crippen LogP contribution in [0, 0.1) is 0 Å². The van der Waals surface area contributed by atoms with Gasteiger partial charge in [0.2, 0.25) is 15.9 Å². The van der Waals surface area contributed by atoms with E-state index in [4.69, 9.17) is 34.8 Å². The molecule has 0 heterocycles. The first-order chi connectivity index (χ1) is 7.94. The molecule has 0 unspecified atom stereocenters. The van der Waals surface area contributed by atoms with Crippen molar-refractivity contribution in [2.75, 3.05) is 5.32 Å². The second-order valence-corrected chi connectivity index (χ2v) is 5.12. The first-order valence-corrected chi connectivity index (χ1v) is 5.77. The van der Waals surface area contributed by atoms with Crippen molar-refractivity contribution in [3.63, 3.8) is 0 Å². The Hall–Kier alpha value is -1.03. The van der Waals surface area contributed by atoms with Gasteiger partial charge in [0.15, 0.2) is 0 Å². The van der Waals surface area contributed by atoms with Crippen LogP contribution >= 0.6 is 34.8 Å². The lowest BCUT2D eigenvalue weighted by atomic mass is 10.2. The lowest BCUT2D eigenvalue weighted by Crippen LogP contribution is -2.29. The van der Waals surface area contributed by atoms with E-state index in [1.54, 1.807) is 24.3 Å². The summed E-state index contributed by atoms with van der Waals surface area (Å²) in [6.45, 7) is 0. The van der Waals surface area contributed by atoms with Gasteiger partial charge in [-0.2, -0.15) is 0 Å². The second kappa shape index (κ2) is 4.33. The number of allylic oxidation sites excluding steroid dienone is 2. The van der Waals surface area contributed by atoms with Crippen LogP contribution in [0.4, 0.5) is 5.69 Å². The quantitative estimate of drug-likeness (QED) is 0.673. The summed E-state index contributed by atoms with van der Waals surface area (Å²) in [5, 5.41) is 2.51. The SMILES string of the molecule is O=C1C(=O)C(Cl)(Cl)C(Nc2ccccc2)=C1Cl. The van der Waals surface area contributed by atoms with Gasteiger partial charge in [0.1, 0.15) is 5.03 Å². The first kappa shape index (κ1) is 12.4. The number of benzene rings is 1. The van der Waals surface area contributed by atoms with Crippen LogP contribution in [-0.2, 0) is 9.59 Å². The molecule has 0 atom stereocenters. The lowest BCUT2D eigenvalue weighted by Gasteiger charge is -2.16. The number of hydrogen-bond acceptors (Lipinski definition) is 3. The van der Waals surface area contributed by atoms with Gasteiger partial charge >= 0.3 is 0 Å². The monoisotopic (exact) mass is 289 g/mol. The number of carbonyl (C=O) groups is 2. The number of nitrogens with one attached hydrogen (secondary N) is 1. The Bertz CT molecular complexity index is 523. The lowest BCUT2D eigenvalue weighted by molar-refractivity contribution is -0.133. The molecular formula is C11H6Cl3NO2. The maximum atomic E-state index is 11.5. The zero-order valence-corrected chi connectivity index (χ0v) is 10.6. The molecule has 6 heteroatoms. The van der Waals surface area contributed by atoms with E-state index >= 15 is 0 Å². The molecule has 0 aliphatic heterocycles. The van der Waals surface area contributed by atoms with E-state index in [0.29, 0.717) is 5.69 Å². The van der Waals surface area contributed by atoms with Crippen LogP contribution in [-0.4, -0.2) is 15.9 Å². The van der Waals surface area contributed by atoms with Crippen LogP contribution in [0.25, 0.3) is 0 Å². The average Bonchev–Trinajstić information content (AvgIpc) is 2.46. The fourth-order valence-electron chi connectivity index (χ4n) is 1.41. The smallest absolute Gasteiger partial charge is 0.246 e. The van der Waals surface area contributed by atoms with Crippen molar-refractivity contribution in [1.82, 2.24) is 0 Å². The average molecular weight is 291 g/mol. The second-order valence-electron chi connectivity index (χ2n) is 3.41. The predicted octanol–water partition coefficient (Wildman–Crippen LogP) is 2.87. The molecule has 0 saturated heterocycles. The minimum atomic E-state index is -1.94. The van der Waals surface area contributed by atoms with Gasteiger partial charge in [-0.3, -0.25) is 9.59 Å². The van der Waals surface area contributed by atoms with Crippen molar-refractivity contribution in [2.45, 2.75) is 4.33 Å². The maximum absolute atomic E-state index is 11.5. The van der Waals surface area contributed by atoms with Gasteiger partial charge < -0.3 is 5.32 Å². The van der Waals surface area contributed by atoms with Gasteiger partial charge in [-0.25, -0.2) is 0 Å². The van der Waals surface area contributed by atoms with E-state index in [2.05, 4.69) is 5.32 Å². The highest BCUT2D eigenvalue weighted by Gasteiger charge is 2.51. The third-order valence-corrected chi connectivity index (χ3v) is 3.35. The molecule has 0 amide bonds. The van der Waals surface area contributed by atoms with Crippen molar-refractivity contribution in [1.29, 1.82) is 0 Å². The number of halogens is 3. The summed E-state index contributed by atoms with van der Waals surface area (Å²) in [5.41, 5.74) is 0.637. The van der Waals surface area contributed by atoms with Crippen molar-refractivity contribution in [3.05, 3.63) is 41.1 Å². The Labute approximate surface area is 112 Å². The maximum Gasteiger partial charge on any atom is 0.246 e. The fraction of sp³-hybridized carbons (Fsp3) is 0.0909. The molecule has 17 heavy (non-hydrogen) atoms. The third-order valence-electron chi connectivity index (χ3n) is 2.27. The minimum absolute atomic E-state index is 0.00343. The van der Waals surface area contributed by atoms with E-state index in [1.807, 2.05) is 6.07 Å². The molecule has 1 N–H and O–H groups in total. The zero-order chi connectivity index (χ0) is 12.6. The Balaban J connectivity index is 2.38. The summed E-state index contributed by atoms with van der Waals surface area (Å²) in [6.07, 6.45) is 0. The number of rotatable bonds is 2. The van der Waals surface area contributed by atoms with Crippen LogP contribution in [0.3, 0.4) is 0 Å². The van der Waals surface area contributed by atoms with Crippen LogP contribution in [0.15, 0.2) is 41.1 Å². The largest absolute Gasteiger partial charge is 0.355 e. The van der Waals surface area contributed by atoms with Gasteiger partial charge in [0, 0.05) is 5.69 Å². The van der Waals surface area contributed by atoms with E-state index in [-0.39, 0.29) is 10.7 Å². The summed E-state index contributed by atoms with van der Waals surface area (Å²) in [6, 6.07) is 8.84. The van der Waals surface area contributed by atoms with Crippen LogP contribution < -0.4 is 5.32 Å². The van der Waals surface area contributed by atoms with E-state index < -0.39 is 15.9 Å². The molecular weight excluding hydrogens is 284 g/mol. The Kier molecular flexibility index (Phi) is 3.17. The molecule has 0 fully saturated rings. The van der Waals surface area contributed by atoms with Crippen molar-refractivity contribution in [2.24, 2.45) is 0 Å². The first-order valence-electron chi connectivity index (χ1n) is 4.64. The standard InChI is InChI=1S/C11H6Cl3NO2/c12-7-8(16)10(17)11(13,14)9(7)15-6-4-2-1-3-5-6/h1-5,15H. The Morgan fingerprint density at radius 3 is 2.12 bits per heavy atom. The Morgan fingerprint density at radius 2 is 1.65 bits per heavy atom. The molecule has 88 valence electrons.